The van der Waals surface area contributed by atoms with Crippen LogP contribution < -0.4 is 0 Å². The molecule has 0 spiro atoms. The molecule has 0 saturated carbocycles. The average Bonchev–Trinajstić information content (AvgIpc) is 2.32. The van der Waals surface area contributed by atoms with E-state index in [2.05, 4.69) is 48.0 Å². The van der Waals surface area contributed by atoms with Crippen molar-refractivity contribution in [2.24, 2.45) is 0 Å². The molecule has 2 aromatic carbocycles. The number of rotatable bonds is 3. The van der Waals surface area contributed by atoms with E-state index in [1.807, 2.05) is 6.07 Å². The third-order valence-electron chi connectivity index (χ3n) is 3.08. The predicted molar refractivity (Wildman–Crippen MR) is 77.7 cm³/mol. The first kappa shape index (κ1) is 13.3. The van der Waals surface area contributed by atoms with Crippen LogP contribution in [0.3, 0.4) is 0 Å². The summed E-state index contributed by atoms with van der Waals surface area (Å²) in [4.78, 5) is 0.221. The molecule has 1 unspecified atom stereocenters. The van der Waals surface area contributed by atoms with Gasteiger partial charge in [-0.2, -0.15) is 0 Å². The molecule has 2 aromatic rings. The number of hydrogen-bond acceptors (Lipinski definition) is 0. The van der Waals surface area contributed by atoms with Crippen molar-refractivity contribution in [2.75, 3.05) is 0 Å². The lowest BCUT2D eigenvalue weighted by atomic mass is 9.98. The lowest BCUT2D eigenvalue weighted by Crippen LogP contribution is -1.99. The summed E-state index contributed by atoms with van der Waals surface area (Å²) in [6.07, 6.45) is 0.794. The van der Waals surface area contributed by atoms with E-state index >= 15 is 0 Å². The molecule has 0 aliphatic rings. The van der Waals surface area contributed by atoms with E-state index in [9.17, 15) is 4.39 Å². The molecule has 0 heterocycles. The molecule has 1 atom stereocenters. The Morgan fingerprint density at radius 2 is 1.89 bits per heavy atom. The van der Waals surface area contributed by atoms with E-state index in [1.165, 1.54) is 22.8 Å². The Balaban J connectivity index is 2.21. The van der Waals surface area contributed by atoms with Gasteiger partial charge in [0.1, 0.15) is 5.82 Å². The van der Waals surface area contributed by atoms with Gasteiger partial charge in [0.15, 0.2) is 0 Å². The van der Waals surface area contributed by atoms with E-state index < -0.39 is 0 Å². The zero-order valence-corrected chi connectivity index (χ0v) is 12.2. The standard InChI is InChI=1S/C16H16BrF/c1-11-6-7-12(2)15(8-11)16(17)10-13-4-3-5-14(18)9-13/h3-9,16H,10H2,1-2H3. The molecule has 0 amide bonds. The van der Waals surface area contributed by atoms with Gasteiger partial charge in [-0.3, -0.25) is 0 Å². The van der Waals surface area contributed by atoms with Gasteiger partial charge in [-0.1, -0.05) is 51.8 Å². The molecule has 0 N–H and O–H groups in total. The number of benzene rings is 2. The summed E-state index contributed by atoms with van der Waals surface area (Å²) in [5.74, 6) is -0.173. The lowest BCUT2D eigenvalue weighted by molar-refractivity contribution is 0.625. The molecule has 0 aromatic heterocycles. The van der Waals surface area contributed by atoms with Gasteiger partial charge in [0, 0.05) is 4.83 Å². The van der Waals surface area contributed by atoms with E-state index in [4.69, 9.17) is 0 Å². The van der Waals surface area contributed by atoms with Gasteiger partial charge >= 0.3 is 0 Å². The minimum Gasteiger partial charge on any atom is -0.207 e. The Morgan fingerprint density at radius 1 is 1.11 bits per heavy atom. The van der Waals surface area contributed by atoms with Gasteiger partial charge in [0.25, 0.3) is 0 Å². The van der Waals surface area contributed by atoms with Crippen molar-refractivity contribution >= 4 is 15.9 Å². The quantitative estimate of drug-likeness (QED) is 0.690. The van der Waals surface area contributed by atoms with Crippen molar-refractivity contribution in [3.8, 4) is 0 Å². The maximum atomic E-state index is 13.1. The van der Waals surface area contributed by atoms with E-state index in [1.54, 1.807) is 12.1 Å². The van der Waals surface area contributed by atoms with Crippen LogP contribution in [0.15, 0.2) is 42.5 Å². The minimum absolute atomic E-state index is 0.173. The summed E-state index contributed by atoms with van der Waals surface area (Å²) < 4.78 is 13.1. The number of hydrogen-bond donors (Lipinski definition) is 0. The Morgan fingerprint density at radius 3 is 2.61 bits per heavy atom. The van der Waals surface area contributed by atoms with E-state index in [0.717, 1.165) is 12.0 Å². The molecule has 0 fully saturated rings. The number of alkyl halides is 1. The minimum atomic E-state index is -0.173. The summed E-state index contributed by atoms with van der Waals surface area (Å²) in [5, 5.41) is 0. The highest BCUT2D eigenvalue weighted by Gasteiger charge is 2.11. The molecule has 0 nitrogen and oxygen atoms in total. The molecule has 2 rings (SSSR count). The van der Waals surface area contributed by atoms with Gasteiger partial charge in [0.2, 0.25) is 0 Å². The summed E-state index contributed by atoms with van der Waals surface area (Å²) in [7, 11) is 0. The fraction of sp³-hybridized carbons (Fsp3) is 0.250. The van der Waals surface area contributed by atoms with Crippen LogP contribution in [-0.4, -0.2) is 0 Å². The van der Waals surface area contributed by atoms with Crippen molar-refractivity contribution in [1.29, 1.82) is 0 Å². The highest BCUT2D eigenvalue weighted by molar-refractivity contribution is 9.09. The van der Waals surface area contributed by atoms with Crippen LogP contribution in [-0.2, 0) is 6.42 Å². The first-order chi connectivity index (χ1) is 8.56. The van der Waals surface area contributed by atoms with E-state index in [-0.39, 0.29) is 10.6 Å². The molecular formula is C16H16BrF. The average molecular weight is 307 g/mol. The van der Waals surface area contributed by atoms with Crippen LogP contribution in [0.2, 0.25) is 0 Å². The summed E-state index contributed by atoms with van der Waals surface area (Å²) >= 11 is 3.71. The normalized spacial score (nSPS) is 12.4. The third kappa shape index (κ3) is 3.20. The highest BCUT2D eigenvalue weighted by Crippen LogP contribution is 2.30. The summed E-state index contributed by atoms with van der Waals surface area (Å²) in [6.45, 7) is 4.19. The summed E-state index contributed by atoms with van der Waals surface area (Å²) in [5.41, 5.74) is 4.80. The van der Waals surface area contributed by atoms with Gasteiger partial charge in [0.05, 0.1) is 0 Å². The molecule has 0 aliphatic carbocycles. The van der Waals surface area contributed by atoms with Crippen molar-refractivity contribution in [3.05, 3.63) is 70.5 Å². The molecule has 94 valence electrons. The Hall–Kier alpha value is -1.15. The smallest absolute Gasteiger partial charge is 0.123 e. The number of aryl methyl sites for hydroxylation is 2. The fourth-order valence-corrected chi connectivity index (χ4v) is 2.95. The molecular weight excluding hydrogens is 291 g/mol. The predicted octanol–water partition coefficient (Wildman–Crippen LogP) is 5.12. The Kier molecular flexibility index (Phi) is 4.18. The SMILES string of the molecule is Cc1ccc(C)c(C(Br)Cc2cccc(F)c2)c1. The van der Waals surface area contributed by atoms with Crippen LogP contribution in [0.4, 0.5) is 4.39 Å². The van der Waals surface area contributed by atoms with Gasteiger partial charge in [-0.05, 0) is 49.1 Å². The van der Waals surface area contributed by atoms with Crippen LogP contribution in [0.5, 0.6) is 0 Å². The molecule has 0 radical (unpaired) electrons. The second kappa shape index (κ2) is 5.66. The van der Waals surface area contributed by atoms with Crippen LogP contribution in [0, 0.1) is 19.7 Å². The first-order valence-electron chi connectivity index (χ1n) is 6.02. The van der Waals surface area contributed by atoms with Crippen molar-refractivity contribution in [2.45, 2.75) is 25.1 Å². The van der Waals surface area contributed by atoms with Crippen molar-refractivity contribution in [3.63, 3.8) is 0 Å². The number of halogens is 2. The molecule has 0 aliphatic heterocycles. The van der Waals surface area contributed by atoms with E-state index in [0.29, 0.717) is 0 Å². The topological polar surface area (TPSA) is 0 Å². The zero-order valence-electron chi connectivity index (χ0n) is 10.6. The lowest BCUT2D eigenvalue weighted by Gasteiger charge is -2.14. The highest BCUT2D eigenvalue weighted by atomic mass is 79.9. The second-order valence-corrected chi connectivity index (χ2v) is 5.77. The zero-order chi connectivity index (χ0) is 13.1. The summed E-state index contributed by atoms with van der Waals surface area (Å²) in [6, 6.07) is 13.2. The van der Waals surface area contributed by atoms with Crippen molar-refractivity contribution in [1.82, 2.24) is 0 Å². The van der Waals surface area contributed by atoms with Crippen molar-refractivity contribution < 1.29 is 4.39 Å². The maximum Gasteiger partial charge on any atom is 0.123 e. The molecule has 2 heteroatoms. The fourth-order valence-electron chi connectivity index (χ4n) is 2.08. The monoisotopic (exact) mass is 306 g/mol. The Labute approximate surface area is 116 Å². The largest absolute Gasteiger partial charge is 0.207 e. The van der Waals surface area contributed by atoms with Gasteiger partial charge in [-0.15, -0.1) is 0 Å². The molecule has 0 saturated heterocycles. The van der Waals surface area contributed by atoms with Gasteiger partial charge in [-0.25, -0.2) is 4.39 Å². The van der Waals surface area contributed by atoms with Gasteiger partial charge < -0.3 is 0 Å². The van der Waals surface area contributed by atoms with Crippen LogP contribution in [0.25, 0.3) is 0 Å². The maximum absolute atomic E-state index is 13.1. The first-order valence-corrected chi connectivity index (χ1v) is 6.93. The molecule has 0 bridgehead atoms. The third-order valence-corrected chi connectivity index (χ3v) is 3.89. The second-order valence-electron chi connectivity index (χ2n) is 4.66. The van der Waals surface area contributed by atoms with Crippen LogP contribution in [0.1, 0.15) is 27.1 Å². The molecule has 18 heavy (non-hydrogen) atoms. The Bertz CT molecular complexity index is 549. The van der Waals surface area contributed by atoms with Crippen LogP contribution >= 0.6 is 15.9 Å².